The molecule has 0 radical (unpaired) electrons. The first-order valence-corrected chi connectivity index (χ1v) is 7.87. The summed E-state index contributed by atoms with van der Waals surface area (Å²) in [5, 5.41) is 12.1. The first kappa shape index (κ1) is 22.9. The van der Waals surface area contributed by atoms with Crippen molar-refractivity contribution in [3.8, 4) is 0 Å². The average molecular weight is 441 g/mol. The SMILES string of the molecule is C[C@H](Nc1nc(C(=O)O)c2sc(C(F)(F)F)cc2n1)c1ccccn1.Cl.Cl. The number of hydrogen-bond acceptors (Lipinski definition) is 6. The van der Waals surface area contributed by atoms with Gasteiger partial charge in [0.25, 0.3) is 0 Å². The molecular formula is C15H13Cl2F3N4O2S. The number of aromatic carboxylic acids is 1. The number of anilines is 1. The largest absolute Gasteiger partial charge is 0.476 e. The van der Waals surface area contributed by atoms with Crippen molar-refractivity contribution in [1.82, 2.24) is 15.0 Å². The summed E-state index contributed by atoms with van der Waals surface area (Å²) in [4.78, 5) is 22.5. The lowest BCUT2D eigenvalue weighted by atomic mass is 10.2. The second-order valence-electron chi connectivity index (χ2n) is 5.14. The molecule has 0 bridgehead atoms. The highest BCUT2D eigenvalue weighted by Crippen LogP contribution is 2.38. The molecule has 3 aromatic heterocycles. The number of rotatable bonds is 4. The van der Waals surface area contributed by atoms with Crippen LogP contribution in [0, 0.1) is 0 Å². The Morgan fingerprint density at radius 3 is 2.52 bits per heavy atom. The molecule has 1 atom stereocenters. The summed E-state index contributed by atoms with van der Waals surface area (Å²) in [6.07, 6.45) is -2.98. The second-order valence-corrected chi connectivity index (χ2v) is 6.20. The average Bonchev–Trinajstić information content (AvgIpc) is 2.99. The Morgan fingerprint density at radius 2 is 1.96 bits per heavy atom. The predicted octanol–water partition coefficient (Wildman–Crippen LogP) is 4.82. The van der Waals surface area contributed by atoms with Gasteiger partial charge < -0.3 is 10.4 Å². The molecule has 6 nitrogen and oxygen atoms in total. The number of hydrogen-bond donors (Lipinski definition) is 2. The molecule has 27 heavy (non-hydrogen) atoms. The molecule has 0 spiro atoms. The van der Waals surface area contributed by atoms with Crippen molar-refractivity contribution in [3.05, 3.63) is 46.7 Å². The van der Waals surface area contributed by atoms with Gasteiger partial charge in [-0.05, 0) is 25.1 Å². The number of alkyl halides is 3. The molecule has 0 amide bonds. The lowest BCUT2D eigenvalue weighted by Gasteiger charge is -2.13. The minimum absolute atomic E-state index is 0. The van der Waals surface area contributed by atoms with Crippen LogP contribution in [-0.4, -0.2) is 26.0 Å². The van der Waals surface area contributed by atoms with Crippen LogP contribution in [0.2, 0.25) is 0 Å². The van der Waals surface area contributed by atoms with Crippen LogP contribution in [0.25, 0.3) is 10.2 Å². The Balaban J connectivity index is 0.00000182. The van der Waals surface area contributed by atoms with Crippen LogP contribution in [0.4, 0.5) is 19.1 Å². The van der Waals surface area contributed by atoms with Gasteiger partial charge in [0.2, 0.25) is 5.95 Å². The standard InChI is InChI=1S/C15H11F3N4O2S.2ClH/c1-7(8-4-2-3-5-19-8)20-14-21-9-6-10(15(16,17)18)25-12(9)11(22-14)13(23)24;;/h2-7H,1H3,(H,23,24)(H,20,21,22);2*1H/t7-;;/m0../s1. The lowest BCUT2D eigenvalue weighted by Crippen LogP contribution is -2.12. The summed E-state index contributed by atoms with van der Waals surface area (Å²) in [5.41, 5.74) is 0.117. The number of fused-ring (bicyclic) bond motifs is 1. The Labute approximate surface area is 167 Å². The number of halogens is 5. The quantitative estimate of drug-likeness (QED) is 0.604. The summed E-state index contributed by atoms with van der Waals surface area (Å²) in [6.45, 7) is 1.76. The molecule has 0 aliphatic carbocycles. The number of carbonyl (C=O) groups is 1. The van der Waals surface area contributed by atoms with E-state index in [0.29, 0.717) is 17.0 Å². The van der Waals surface area contributed by atoms with E-state index in [1.807, 2.05) is 0 Å². The molecule has 0 unspecified atom stereocenters. The van der Waals surface area contributed by atoms with Crippen molar-refractivity contribution in [1.29, 1.82) is 0 Å². The third-order valence-corrected chi connectivity index (χ3v) is 4.51. The van der Waals surface area contributed by atoms with Gasteiger partial charge in [0.1, 0.15) is 4.88 Å². The van der Waals surface area contributed by atoms with E-state index in [1.165, 1.54) is 0 Å². The van der Waals surface area contributed by atoms with Crippen molar-refractivity contribution in [3.63, 3.8) is 0 Å². The summed E-state index contributed by atoms with van der Waals surface area (Å²) < 4.78 is 38.5. The minimum atomic E-state index is -4.57. The summed E-state index contributed by atoms with van der Waals surface area (Å²) in [6, 6.07) is 5.74. The van der Waals surface area contributed by atoms with Crippen LogP contribution < -0.4 is 5.32 Å². The normalized spacial score (nSPS) is 12.0. The molecule has 0 saturated heterocycles. The molecule has 0 aliphatic heterocycles. The van der Waals surface area contributed by atoms with Crippen LogP contribution in [0.15, 0.2) is 30.5 Å². The van der Waals surface area contributed by atoms with Crippen molar-refractivity contribution < 1.29 is 23.1 Å². The topological polar surface area (TPSA) is 88.0 Å². The number of aromatic nitrogens is 3. The second kappa shape index (κ2) is 8.68. The molecular weight excluding hydrogens is 428 g/mol. The first-order chi connectivity index (χ1) is 11.8. The molecule has 12 heteroatoms. The van der Waals surface area contributed by atoms with Gasteiger partial charge in [0.05, 0.1) is 22.0 Å². The van der Waals surface area contributed by atoms with Gasteiger partial charge in [-0.3, -0.25) is 4.98 Å². The maximum Gasteiger partial charge on any atom is 0.425 e. The zero-order valence-electron chi connectivity index (χ0n) is 13.5. The number of nitrogens with zero attached hydrogens (tertiary/aromatic N) is 3. The molecule has 0 saturated carbocycles. The van der Waals surface area contributed by atoms with Crippen LogP contribution in [0.3, 0.4) is 0 Å². The molecule has 3 aromatic rings. The Morgan fingerprint density at radius 1 is 1.26 bits per heavy atom. The van der Waals surface area contributed by atoms with E-state index in [9.17, 15) is 23.1 Å². The van der Waals surface area contributed by atoms with E-state index in [0.717, 1.165) is 6.07 Å². The highest BCUT2D eigenvalue weighted by atomic mass is 35.5. The lowest BCUT2D eigenvalue weighted by molar-refractivity contribution is -0.134. The van der Waals surface area contributed by atoms with Crippen molar-refractivity contribution in [2.24, 2.45) is 0 Å². The van der Waals surface area contributed by atoms with E-state index in [4.69, 9.17) is 0 Å². The van der Waals surface area contributed by atoms with E-state index >= 15 is 0 Å². The highest BCUT2D eigenvalue weighted by molar-refractivity contribution is 7.19. The van der Waals surface area contributed by atoms with E-state index in [1.54, 1.807) is 31.3 Å². The third kappa shape index (κ3) is 4.96. The summed E-state index contributed by atoms with van der Waals surface area (Å²) in [5.74, 6) is -1.49. The van der Waals surface area contributed by atoms with Gasteiger partial charge in [0.15, 0.2) is 5.69 Å². The van der Waals surface area contributed by atoms with Gasteiger partial charge in [0, 0.05) is 6.20 Å². The van der Waals surface area contributed by atoms with Gasteiger partial charge in [-0.15, -0.1) is 36.2 Å². The van der Waals surface area contributed by atoms with Crippen molar-refractivity contribution >= 4 is 58.3 Å². The monoisotopic (exact) mass is 440 g/mol. The van der Waals surface area contributed by atoms with Gasteiger partial charge in [-0.25, -0.2) is 14.8 Å². The van der Waals surface area contributed by atoms with Crippen LogP contribution in [-0.2, 0) is 6.18 Å². The van der Waals surface area contributed by atoms with Gasteiger partial charge in [-0.2, -0.15) is 13.2 Å². The molecule has 0 aliphatic rings. The molecule has 3 heterocycles. The molecule has 0 aromatic carbocycles. The fraction of sp³-hybridized carbons (Fsp3) is 0.200. The van der Waals surface area contributed by atoms with Gasteiger partial charge in [-0.1, -0.05) is 6.07 Å². The number of carboxylic acids is 1. The predicted molar refractivity (Wildman–Crippen MR) is 100 cm³/mol. The summed E-state index contributed by atoms with van der Waals surface area (Å²) >= 11 is 0.312. The van der Waals surface area contributed by atoms with Crippen LogP contribution in [0.5, 0.6) is 0 Å². The molecule has 2 N–H and O–H groups in total. The van der Waals surface area contributed by atoms with Gasteiger partial charge >= 0.3 is 12.1 Å². The number of pyridine rings is 1. The minimum Gasteiger partial charge on any atom is -0.476 e. The fourth-order valence-electron chi connectivity index (χ4n) is 2.18. The van der Waals surface area contributed by atoms with E-state index in [2.05, 4.69) is 20.3 Å². The number of thiophene rings is 1. The zero-order valence-corrected chi connectivity index (χ0v) is 16.0. The fourth-order valence-corrected chi connectivity index (χ4v) is 3.12. The zero-order chi connectivity index (χ0) is 18.2. The Hall–Kier alpha value is -2.17. The van der Waals surface area contributed by atoms with Crippen LogP contribution in [0.1, 0.15) is 34.0 Å². The van der Waals surface area contributed by atoms with Crippen LogP contribution >= 0.6 is 36.2 Å². The smallest absolute Gasteiger partial charge is 0.425 e. The molecule has 0 fully saturated rings. The first-order valence-electron chi connectivity index (χ1n) is 7.05. The van der Waals surface area contributed by atoms with E-state index in [-0.39, 0.29) is 47.0 Å². The molecule has 3 rings (SSSR count). The highest BCUT2D eigenvalue weighted by Gasteiger charge is 2.34. The van der Waals surface area contributed by atoms with E-state index < -0.39 is 22.7 Å². The van der Waals surface area contributed by atoms with Crippen molar-refractivity contribution in [2.45, 2.75) is 19.1 Å². The Kier molecular flexibility index (Phi) is 7.35. The third-order valence-electron chi connectivity index (χ3n) is 3.33. The van der Waals surface area contributed by atoms with Crippen molar-refractivity contribution in [2.75, 3.05) is 5.32 Å². The molecule has 146 valence electrons. The maximum atomic E-state index is 12.9. The maximum absolute atomic E-state index is 12.9. The Bertz CT molecular complexity index is 938. The summed E-state index contributed by atoms with van der Waals surface area (Å²) in [7, 11) is 0. The number of nitrogens with one attached hydrogen (secondary N) is 1. The number of carboxylic acid groups (broad SMARTS) is 1.